The van der Waals surface area contributed by atoms with Crippen LogP contribution >= 0.6 is 15.9 Å². The first-order valence-corrected chi connectivity index (χ1v) is 6.66. The highest BCUT2D eigenvalue weighted by atomic mass is 79.9. The molecule has 1 aromatic heterocycles. The Kier molecular flexibility index (Phi) is 4.73. The highest BCUT2D eigenvalue weighted by molar-refractivity contribution is 9.10. The first-order valence-electron chi connectivity index (χ1n) is 5.86. The fraction of sp³-hybridized carbons (Fsp3) is 0.214. The van der Waals surface area contributed by atoms with Gasteiger partial charge in [0.2, 0.25) is 0 Å². The molecule has 0 aliphatic carbocycles. The molecule has 0 spiro atoms. The number of aromatic nitrogens is 1. The molecule has 2 rings (SSSR count). The number of hydrogen-bond donors (Lipinski definition) is 1. The van der Waals surface area contributed by atoms with E-state index >= 15 is 0 Å². The maximum Gasteiger partial charge on any atom is 0.150 e. The van der Waals surface area contributed by atoms with Gasteiger partial charge in [-0.05, 0) is 36.9 Å². The molecule has 0 radical (unpaired) electrons. The van der Waals surface area contributed by atoms with Gasteiger partial charge in [-0.2, -0.15) is 0 Å². The van der Waals surface area contributed by atoms with Crippen LogP contribution in [0.25, 0.3) is 0 Å². The molecule has 0 atom stereocenters. The molecular formula is C14H15BrN2O. The molecule has 0 saturated carbocycles. The molecule has 18 heavy (non-hydrogen) atoms. The second kappa shape index (κ2) is 6.52. The van der Waals surface area contributed by atoms with Crippen LogP contribution in [0.1, 0.15) is 12.5 Å². The summed E-state index contributed by atoms with van der Waals surface area (Å²) in [6, 6.07) is 9.73. The lowest BCUT2D eigenvalue weighted by atomic mass is 10.2. The molecule has 1 N–H and O–H groups in total. The minimum absolute atomic E-state index is 0.783. The minimum atomic E-state index is 0.783. The van der Waals surface area contributed by atoms with Crippen molar-refractivity contribution in [2.45, 2.75) is 13.5 Å². The van der Waals surface area contributed by atoms with Crippen LogP contribution in [0.2, 0.25) is 0 Å². The Morgan fingerprint density at radius 3 is 2.72 bits per heavy atom. The average molecular weight is 307 g/mol. The van der Waals surface area contributed by atoms with Crippen LogP contribution in [0.4, 0.5) is 0 Å². The van der Waals surface area contributed by atoms with Crippen molar-refractivity contribution in [2.24, 2.45) is 0 Å². The Balaban J connectivity index is 2.15. The second-order valence-electron chi connectivity index (χ2n) is 3.82. The molecular weight excluding hydrogens is 292 g/mol. The number of nitrogens with zero attached hydrogens (tertiary/aromatic N) is 1. The molecule has 1 heterocycles. The Hall–Kier alpha value is -1.39. The number of hydrogen-bond acceptors (Lipinski definition) is 3. The highest BCUT2D eigenvalue weighted by Crippen LogP contribution is 2.25. The number of nitrogens with one attached hydrogen (secondary N) is 1. The van der Waals surface area contributed by atoms with E-state index in [-0.39, 0.29) is 0 Å². The van der Waals surface area contributed by atoms with Crippen molar-refractivity contribution < 1.29 is 4.74 Å². The van der Waals surface area contributed by atoms with E-state index in [1.807, 2.05) is 30.3 Å². The van der Waals surface area contributed by atoms with Gasteiger partial charge in [0.1, 0.15) is 11.5 Å². The van der Waals surface area contributed by atoms with Gasteiger partial charge in [-0.3, -0.25) is 4.98 Å². The Morgan fingerprint density at radius 1 is 1.22 bits per heavy atom. The Bertz CT molecular complexity index is 499. The van der Waals surface area contributed by atoms with Crippen molar-refractivity contribution >= 4 is 15.9 Å². The normalized spacial score (nSPS) is 10.3. The minimum Gasteiger partial charge on any atom is -0.455 e. The van der Waals surface area contributed by atoms with Gasteiger partial charge in [0.15, 0.2) is 0 Å². The number of halogens is 1. The Labute approximate surface area is 115 Å². The molecule has 3 nitrogen and oxygen atoms in total. The molecule has 94 valence electrons. The largest absolute Gasteiger partial charge is 0.455 e. The number of pyridine rings is 1. The molecule has 0 aliphatic heterocycles. The van der Waals surface area contributed by atoms with Crippen LogP contribution in [0.15, 0.2) is 47.2 Å². The van der Waals surface area contributed by atoms with Gasteiger partial charge < -0.3 is 10.1 Å². The van der Waals surface area contributed by atoms with Crippen LogP contribution in [0.5, 0.6) is 11.5 Å². The average Bonchev–Trinajstić information content (AvgIpc) is 2.40. The van der Waals surface area contributed by atoms with Gasteiger partial charge in [-0.15, -0.1) is 0 Å². The summed E-state index contributed by atoms with van der Waals surface area (Å²) in [6.07, 6.45) is 3.52. The summed E-state index contributed by atoms with van der Waals surface area (Å²) in [5.41, 5.74) is 1.11. The van der Waals surface area contributed by atoms with Crippen LogP contribution in [-0.4, -0.2) is 11.5 Å². The lowest BCUT2D eigenvalue weighted by Gasteiger charge is -2.10. The van der Waals surface area contributed by atoms with E-state index in [9.17, 15) is 0 Å². The third-order valence-electron chi connectivity index (χ3n) is 2.48. The number of ether oxygens (including phenoxy) is 1. The van der Waals surface area contributed by atoms with E-state index in [2.05, 4.69) is 33.2 Å². The van der Waals surface area contributed by atoms with Crippen LogP contribution in [0.3, 0.4) is 0 Å². The summed E-state index contributed by atoms with van der Waals surface area (Å²) >= 11 is 3.40. The van der Waals surface area contributed by atoms with Crippen LogP contribution in [-0.2, 0) is 6.54 Å². The van der Waals surface area contributed by atoms with Gasteiger partial charge >= 0.3 is 0 Å². The first kappa shape index (κ1) is 13.1. The standard InChI is InChI=1S/C14H15BrN2O/c1-2-16-9-11-7-8-17-10-14(11)18-13-5-3-12(15)4-6-13/h3-8,10,16H,2,9H2,1H3. The fourth-order valence-electron chi connectivity index (χ4n) is 1.54. The second-order valence-corrected chi connectivity index (χ2v) is 4.74. The number of benzene rings is 1. The van der Waals surface area contributed by atoms with Crippen molar-refractivity contribution in [3.63, 3.8) is 0 Å². The van der Waals surface area contributed by atoms with Gasteiger partial charge in [0.25, 0.3) is 0 Å². The van der Waals surface area contributed by atoms with E-state index in [0.717, 1.165) is 34.6 Å². The topological polar surface area (TPSA) is 34.2 Å². The quantitative estimate of drug-likeness (QED) is 0.913. The van der Waals surface area contributed by atoms with E-state index in [0.29, 0.717) is 0 Å². The molecule has 0 amide bonds. The van der Waals surface area contributed by atoms with Crippen molar-refractivity contribution in [1.29, 1.82) is 0 Å². The molecule has 4 heteroatoms. The first-order chi connectivity index (χ1) is 8.79. The predicted octanol–water partition coefficient (Wildman–Crippen LogP) is 3.75. The Morgan fingerprint density at radius 2 is 2.00 bits per heavy atom. The predicted molar refractivity (Wildman–Crippen MR) is 75.8 cm³/mol. The summed E-state index contributed by atoms with van der Waals surface area (Å²) in [5.74, 6) is 1.60. The summed E-state index contributed by atoms with van der Waals surface area (Å²) in [6.45, 7) is 3.79. The van der Waals surface area contributed by atoms with Gasteiger partial charge in [0.05, 0.1) is 6.20 Å². The maximum absolute atomic E-state index is 5.84. The van der Waals surface area contributed by atoms with Crippen molar-refractivity contribution in [3.8, 4) is 11.5 Å². The molecule has 0 aliphatic rings. The molecule has 2 aromatic rings. The smallest absolute Gasteiger partial charge is 0.150 e. The third-order valence-corrected chi connectivity index (χ3v) is 3.01. The maximum atomic E-state index is 5.84. The zero-order valence-corrected chi connectivity index (χ0v) is 11.8. The summed E-state index contributed by atoms with van der Waals surface area (Å²) in [7, 11) is 0. The lowest BCUT2D eigenvalue weighted by molar-refractivity contribution is 0.470. The van der Waals surface area contributed by atoms with Gasteiger partial charge in [-0.1, -0.05) is 22.9 Å². The van der Waals surface area contributed by atoms with Crippen molar-refractivity contribution in [3.05, 3.63) is 52.8 Å². The summed E-state index contributed by atoms with van der Waals surface area (Å²) in [5, 5.41) is 3.28. The third kappa shape index (κ3) is 3.55. The molecule has 0 saturated heterocycles. The van der Waals surface area contributed by atoms with E-state index in [1.165, 1.54) is 0 Å². The van der Waals surface area contributed by atoms with E-state index in [1.54, 1.807) is 12.4 Å². The number of rotatable bonds is 5. The van der Waals surface area contributed by atoms with Gasteiger partial charge in [0, 0.05) is 22.8 Å². The lowest BCUT2D eigenvalue weighted by Crippen LogP contribution is -2.12. The van der Waals surface area contributed by atoms with Crippen LogP contribution in [0, 0.1) is 0 Å². The highest BCUT2D eigenvalue weighted by Gasteiger charge is 2.04. The summed E-state index contributed by atoms with van der Waals surface area (Å²) in [4.78, 5) is 4.11. The SMILES string of the molecule is CCNCc1ccncc1Oc1ccc(Br)cc1. The summed E-state index contributed by atoms with van der Waals surface area (Å²) < 4.78 is 6.87. The van der Waals surface area contributed by atoms with Gasteiger partial charge in [-0.25, -0.2) is 0 Å². The van der Waals surface area contributed by atoms with Crippen LogP contribution < -0.4 is 10.1 Å². The molecule has 1 aromatic carbocycles. The molecule has 0 bridgehead atoms. The van der Waals surface area contributed by atoms with Crippen molar-refractivity contribution in [1.82, 2.24) is 10.3 Å². The van der Waals surface area contributed by atoms with E-state index in [4.69, 9.17) is 4.74 Å². The zero-order valence-electron chi connectivity index (χ0n) is 10.2. The van der Waals surface area contributed by atoms with Crippen molar-refractivity contribution in [2.75, 3.05) is 6.54 Å². The molecule has 0 fully saturated rings. The fourth-order valence-corrected chi connectivity index (χ4v) is 1.80. The zero-order chi connectivity index (χ0) is 12.8. The molecule has 0 unspecified atom stereocenters. The monoisotopic (exact) mass is 306 g/mol. The van der Waals surface area contributed by atoms with E-state index < -0.39 is 0 Å².